The molecule has 0 aliphatic rings. The molecule has 0 bridgehead atoms. The lowest BCUT2D eigenvalue weighted by atomic mass is 10.2. The highest BCUT2D eigenvalue weighted by Gasteiger charge is 1.97. The van der Waals surface area contributed by atoms with Crippen molar-refractivity contribution in [2.45, 2.75) is 12.5 Å². The van der Waals surface area contributed by atoms with Crippen molar-refractivity contribution in [3.63, 3.8) is 0 Å². The Labute approximate surface area is 62.3 Å². The topological polar surface area (TPSA) is 32.3 Å². The van der Waals surface area contributed by atoms with Crippen molar-refractivity contribution in [2.75, 3.05) is 13.1 Å². The molecule has 0 aromatic rings. The minimum atomic E-state index is -0.308. The van der Waals surface area contributed by atoms with Gasteiger partial charge in [-0.3, -0.25) is 0 Å². The lowest BCUT2D eigenvalue weighted by Gasteiger charge is -2.06. The van der Waals surface area contributed by atoms with Crippen LogP contribution in [0.3, 0.4) is 0 Å². The summed E-state index contributed by atoms with van der Waals surface area (Å²) >= 11 is 0. The van der Waals surface area contributed by atoms with Crippen LogP contribution in [0, 0.1) is 0 Å². The van der Waals surface area contributed by atoms with Gasteiger partial charge in [0, 0.05) is 13.1 Å². The molecular formula is C8H15NO. The molecule has 0 aliphatic carbocycles. The fourth-order valence-electron chi connectivity index (χ4n) is 0.628. The SMILES string of the molecule is C=CCNCC(O)CC=C. The van der Waals surface area contributed by atoms with Crippen LogP contribution in [0.2, 0.25) is 0 Å². The molecule has 10 heavy (non-hydrogen) atoms. The van der Waals surface area contributed by atoms with E-state index in [0.717, 1.165) is 6.54 Å². The Balaban J connectivity index is 3.11. The molecule has 0 rings (SSSR count). The molecule has 0 amide bonds. The zero-order chi connectivity index (χ0) is 7.82. The maximum absolute atomic E-state index is 9.11. The number of hydrogen-bond acceptors (Lipinski definition) is 2. The molecule has 0 spiro atoms. The lowest BCUT2D eigenvalue weighted by molar-refractivity contribution is 0.176. The Morgan fingerprint density at radius 3 is 2.60 bits per heavy atom. The quantitative estimate of drug-likeness (QED) is 0.421. The molecule has 58 valence electrons. The van der Waals surface area contributed by atoms with E-state index in [1.54, 1.807) is 12.2 Å². The average molecular weight is 141 g/mol. The summed E-state index contributed by atoms with van der Waals surface area (Å²) in [7, 11) is 0. The summed E-state index contributed by atoms with van der Waals surface area (Å²) in [4.78, 5) is 0. The summed E-state index contributed by atoms with van der Waals surface area (Å²) in [5.74, 6) is 0. The van der Waals surface area contributed by atoms with Gasteiger partial charge in [-0.05, 0) is 6.42 Å². The average Bonchev–Trinajstić information content (AvgIpc) is 1.89. The van der Waals surface area contributed by atoms with E-state index in [-0.39, 0.29) is 6.10 Å². The van der Waals surface area contributed by atoms with Gasteiger partial charge < -0.3 is 10.4 Å². The molecule has 0 aliphatic heterocycles. The number of aliphatic hydroxyl groups is 1. The predicted octanol–water partition coefficient (Wildman–Crippen LogP) is 0.699. The van der Waals surface area contributed by atoms with Crippen LogP contribution in [0.15, 0.2) is 25.3 Å². The first-order valence-electron chi connectivity index (χ1n) is 3.41. The molecule has 0 aromatic carbocycles. The third kappa shape index (κ3) is 5.54. The minimum Gasteiger partial charge on any atom is -0.391 e. The molecule has 2 heteroatoms. The van der Waals surface area contributed by atoms with Gasteiger partial charge >= 0.3 is 0 Å². The first-order chi connectivity index (χ1) is 4.81. The molecule has 0 heterocycles. The van der Waals surface area contributed by atoms with Crippen molar-refractivity contribution >= 4 is 0 Å². The van der Waals surface area contributed by atoms with Gasteiger partial charge in [-0.25, -0.2) is 0 Å². The molecule has 0 saturated carbocycles. The van der Waals surface area contributed by atoms with Crippen LogP contribution in [0.4, 0.5) is 0 Å². The van der Waals surface area contributed by atoms with Crippen LogP contribution in [0.25, 0.3) is 0 Å². The van der Waals surface area contributed by atoms with Crippen LogP contribution >= 0.6 is 0 Å². The Bertz CT molecular complexity index is 101. The first kappa shape index (κ1) is 9.40. The zero-order valence-corrected chi connectivity index (χ0v) is 6.21. The standard InChI is InChI=1S/C8H15NO/c1-3-5-8(10)7-9-6-4-2/h3-4,8-10H,1-2,5-7H2. The van der Waals surface area contributed by atoms with Crippen LogP contribution < -0.4 is 5.32 Å². The van der Waals surface area contributed by atoms with E-state index in [2.05, 4.69) is 18.5 Å². The fraction of sp³-hybridized carbons (Fsp3) is 0.500. The van der Waals surface area contributed by atoms with Crippen LogP contribution in [-0.2, 0) is 0 Å². The van der Waals surface area contributed by atoms with E-state index in [1.165, 1.54) is 0 Å². The summed E-state index contributed by atoms with van der Waals surface area (Å²) in [5, 5.41) is 12.1. The van der Waals surface area contributed by atoms with Crippen molar-refractivity contribution in [3.05, 3.63) is 25.3 Å². The zero-order valence-electron chi connectivity index (χ0n) is 6.21. The van der Waals surface area contributed by atoms with Gasteiger partial charge in [-0.15, -0.1) is 13.2 Å². The molecule has 0 aromatic heterocycles. The van der Waals surface area contributed by atoms with E-state index in [1.807, 2.05) is 0 Å². The number of rotatable bonds is 6. The van der Waals surface area contributed by atoms with Gasteiger partial charge in [0.2, 0.25) is 0 Å². The second kappa shape index (κ2) is 6.52. The highest BCUT2D eigenvalue weighted by atomic mass is 16.3. The molecule has 1 atom stereocenters. The molecule has 0 radical (unpaired) electrons. The highest BCUT2D eigenvalue weighted by molar-refractivity contribution is 4.76. The van der Waals surface area contributed by atoms with Gasteiger partial charge in [0.1, 0.15) is 0 Å². The van der Waals surface area contributed by atoms with E-state index >= 15 is 0 Å². The molecular weight excluding hydrogens is 126 g/mol. The summed E-state index contributed by atoms with van der Waals surface area (Å²) in [6, 6.07) is 0. The van der Waals surface area contributed by atoms with Gasteiger partial charge in [0.05, 0.1) is 6.10 Å². The van der Waals surface area contributed by atoms with Crippen molar-refractivity contribution < 1.29 is 5.11 Å². The van der Waals surface area contributed by atoms with E-state index in [0.29, 0.717) is 13.0 Å². The third-order valence-electron chi connectivity index (χ3n) is 1.11. The predicted molar refractivity (Wildman–Crippen MR) is 43.9 cm³/mol. The van der Waals surface area contributed by atoms with Crippen LogP contribution in [0.5, 0.6) is 0 Å². The van der Waals surface area contributed by atoms with Crippen molar-refractivity contribution in [1.82, 2.24) is 5.32 Å². The third-order valence-corrected chi connectivity index (χ3v) is 1.11. The normalized spacial score (nSPS) is 12.5. The maximum atomic E-state index is 9.11. The fourth-order valence-corrected chi connectivity index (χ4v) is 0.628. The first-order valence-corrected chi connectivity index (χ1v) is 3.41. The Morgan fingerprint density at radius 2 is 2.10 bits per heavy atom. The summed E-state index contributed by atoms with van der Waals surface area (Å²) in [6.07, 6.45) is 3.81. The number of aliphatic hydroxyl groups excluding tert-OH is 1. The highest BCUT2D eigenvalue weighted by Crippen LogP contribution is 1.88. The molecule has 2 nitrogen and oxygen atoms in total. The minimum absolute atomic E-state index is 0.308. The Kier molecular flexibility index (Phi) is 6.13. The molecule has 0 fully saturated rings. The van der Waals surface area contributed by atoms with Crippen molar-refractivity contribution in [3.8, 4) is 0 Å². The van der Waals surface area contributed by atoms with Crippen molar-refractivity contribution in [2.24, 2.45) is 0 Å². The lowest BCUT2D eigenvalue weighted by Crippen LogP contribution is -2.26. The van der Waals surface area contributed by atoms with Crippen molar-refractivity contribution in [1.29, 1.82) is 0 Å². The Morgan fingerprint density at radius 1 is 1.40 bits per heavy atom. The molecule has 1 unspecified atom stereocenters. The Hall–Kier alpha value is -0.600. The molecule has 0 saturated heterocycles. The van der Waals surface area contributed by atoms with E-state index in [9.17, 15) is 0 Å². The largest absolute Gasteiger partial charge is 0.391 e. The number of nitrogens with one attached hydrogen (secondary N) is 1. The second-order valence-corrected chi connectivity index (χ2v) is 2.13. The van der Waals surface area contributed by atoms with Crippen LogP contribution in [0.1, 0.15) is 6.42 Å². The smallest absolute Gasteiger partial charge is 0.0698 e. The number of hydrogen-bond donors (Lipinski definition) is 2. The van der Waals surface area contributed by atoms with Gasteiger partial charge in [0.15, 0.2) is 0 Å². The van der Waals surface area contributed by atoms with Gasteiger partial charge in [0.25, 0.3) is 0 Å². The summed E-state index contributed by atoms with van der Waals surface area (Å²) in [5.41, 5.74) is 0. The van der Waals surface area contributed by atoms with E-state index in [4.69, 9.17) is 5.11 Å². The monoisotopic (exact) mass is 141 g/mol. The maximum Gasteiger partial charge on any atom is 0.0698 e. The summed E-state index contributed by atoms with van der Waals surface area (Å²) in [6.45, 7) is 8.41. The van der Waals surface area contributed by atoms with Gasteiger partial charge in [-0.1, -0.05) is 12.2 Å². The molecule has 2 N–H and O–H groups in total. The second-order valence-electron chi connectivity index (χ2n) is 2.13. The van der Waals surface area contributed by atoms with Crippen LogP contribution in [-0.4, -0.2) is 24.3 Å². The van der Waals surface area contributed by atoms with E-state index < -0.39 is 0 Å². The van der Waals surface area contributed by atoms with Gasteiger partial charge in [-0.2, -0.15) is 0 Å². The summed E-state index contributed by atoms with van der Waals surface area (Å²) < 4.78 is 0.